The molecule has 4 nitrogen and oxygen atoms in total. The standard InChI is InChI=1S/C13H18N2O2/c1-17-12-6-2-4-11-10(12)5-3-8-15(9-7-14)13(11)16/h2,4,6H,3,5,7-9,14H2,1H3. The maximum absolute atomic E-state index is 12.3. The Labute approximate surface area is 101 Å². The Hall–Kier alpha value is -1.55. The second-order valence-electron chi connectivity index (χ2n) is 4.17. The quantitative estimate of drug-likeness (QED) is 0.850. The third-order valence-electron chi connectivity index (χ3n) is 3.12. The highest BCUT2D eigenvalue weighted by Crippen LogP contribution is 2.27. The third-order valence-corrected chi connectivity index (χ3v) is 3.12. The summed E-state index contributed by atoms with van der Waals surface area (Å²) in [7, 11) is 1.64. The minimum atomic E-state index is 0.0712. The van der Waals surface area contributed by atoms with E-state index in [-0.39, 0.29) is 5.91 Å². The molecule has 17 heavy (non-hydrogen) atoms. The monoisotopic (exact) mass is 234 g/mol. The molecule has 0 saturated heterocycles. The number of methoxy groups -OCH3 is 1. The van der Waals surface area contributed by atoms with Gasteiger partial charge in [-0.2, -0.15) is 0 Å². The van der Waals surface area contributed by atoms with Crippen LogP contribution >= 0.6 is 0 Å². The lowest BCUT2D eigenvalue weighted by atomic mass is 10.0. The van der Waals surface area contributed by atoms with E-state index in [1.165, 1.54) is 0 Å². The molecule has 2 rings (SSSR count). The molecule has 0 unspecified atom stereocenters. The first kappa shape index (κ1) is 11.9. The Balaban J connectivity index is 2.38. The molecule has 4 heteroatoms. The van der Waals surface area contributed by atoms with Crippen molar-refractivity contribution in [1.82, 2.24) is 4.90 Å². The molecule has 0 atom stereocenters. The van der Waals surface area contributed by atoms with Crippen LogP contribution in [0.25, 0.3) is 0 Å². The Morgan fingerprint density at radius 3 is 3.00 bits per heavy atom. The van der Waals surface area contributed by atoms with E-state index in [4.69, 9.17) is 10.5 Å². The van der Waals surface area contributed by atoms with Gasteiger partial charge in [0.25, 0.3) is 5.91 Å². The molecule has 0 fully saturated rings. The molecule has 0 spiro atoms. The maximum Gasteiger partial charge on any atom is 0.254 e. The van der Waals surface area contributed by atoms with Gasteiger partial charge < -0.3 is 15.4 Å². The normalized spacial score (nSPS) is 15.4. The highest BCUT2D eigenvalue weighted by atomic mass is 16.5. The van der Waals surface area contributed by atoms with E-state index in [1.54, 1.807) is 7.11 Å². The van der Waals surface area contributed by atoms with Crippen LogP contribution in [0.5, 0.6) is 5.75 Å². The van der Waals surface area contributed by atoms with Gasteiger partial charge in [0.15, 0.2) is 0 Å². The summed E-state index contributed by atoms with van der Waals surface area (Å²) in [5.41, 5.74) is 7.32. The number of fused-ring (bicyclic) bond motifs is 1. The van der Waals surface area contributed by atoms with Gasteiger partial charge in [-0.3, -0.25) is 4.79 Å². The minimum Gasteiger partial charge on any atom is -0.496 e. The summed E-state index contributed by atoms with van der Waals surface area (Å²) in [6.07, 6.45) is 1.84. The lowest BCUT2D eigenvalue weighted by molar-refractivity contribution is 0.0765. The lowest BCUT2D eigenvalue weighted by Crippen LogP contribution is -2.35. The molecule has 0 bridgehead atoms. The van der Waals surface area contributed by atoms with Crippen LogP contribution in [0.15, 0.2) is 18.2 Å². The summed E-state index contributed by atoms with van der Waals surface area (Å²) in [6.45, 7) is 1.90. The van der Waals surface area contributed by atoms with E-state index >= 15 is 0 Å². The van der Waals surface area contributed by atoms with E-state index in [0.717, 1.165) is 36.3 Å². The number of hydrogen-bond acceptors (Lipinski definition) is 3. The van der Waals surface area contributed by atoms with Crippen molar-refractivity contribution in [3.8, 4) is 5.75 Å². The molecule has 0 saturated carbocycles. The zero-order chi connectivity index (χ0) is 12.3. The molecular formula is C13H18N2O2. The van der Waals surface area contributed by atoms with E-state index in [0.29, 0.717) is 13.1 Å². The molecule has 1 amide bonds. The van der Waals surface area contributed by atoms with Gasteiger partial charge in [0.2, 0.25) is 0 Å². The molecule has 92 valence electrons. The predicted molar refractivity (Wildman–Crippen MR) is 66.3 cm³/mol. The summed E-state index contributed by atoms with van der Waals surface area (Å²) in [4.78, 5) is 14.1. The molecule has 1 aliphatic heterocycles. The number of nitrogens with two attached hydrogens (primary N) is 1. The molecule has 1 heterocycles. The van der Waals surface area contributed by atoms with Gasteiger partial charge in [-0.25, -0.2) is 0 Å². The number of rotatable bonds is 3. The van der Waals surface area contributed by atoms with Gasteiger partial charge in [-0.05, 0) is 25.0 Å². The van der Waals surface area contributed by atoms with Crippen LogP contribution in [0.3, 0.4) is 0 Å². The largest absolute Gasteiger partial charge is 0.496 e. The summed E-state index contributed by atoms with van der Waals surface area (Å²) >= 11 is 0. The fourth-order valence-corrected chi connectivity index (χ4v) is 2.30. The van der Waals surface area contributed by atoms with Crippen molar-refractivity contribution < 1.29 is 9.53 Å². The lowest BCUT2D eigenvalue weighted by Gasteiger charge is -2.19. The van der Waals surface area contributed by atoms with E-state index in [1.807, 2.05) is 23.1 Å². The molecule has 0 aromatic heterocycles. The van der Waals surface area contributed by atoms with Crippen molar-refractivity contribution in [1.29, 1.82) is 0 Å². The molecule has 1 aromatic carbocycles. The Bertz CT molecular complexity index is 418. The maximum atomic E-state index is 12.3. The number of ether oxygens (including phenoxy) is 1. The highest BCUT2D eigenvalue weighted by Gasteiger charge is 2.23. The highest BCUT2D eigenvalue weighted by molar-refractivity contribution is 5.96. The molecule has 0 radical (unpaired) electrons. The van der Waals surface area contributed by atoms with Crippen LogP contribution in [0.1, 0.15) is 22.3 Å². The van der Waals surface area contributed by atoms with Crippen molar-refractivity contribution in [2.75, 3.05) is 26.7 Å². The SMILES string of the molecule is COc1cccc2c1CCCN(CCN)C2=O. The predicted octanol–water partition coefficient (Wildman–Crippen LogP) is 1.04. The van der Waals surface area contributed by atoms with Gasteiger partial charge in [0.1, 0.15) is 5.75 Å². The Morgan fingerprint density at radius 1 is 1.47 bits per heavy atom. The van der Waals surface area contributed by atoms with E-state index in [2.05, 4.69) is 0 Å². The average Bonchev–Trinajstić information content (AvgIpc) is 2.51. The van der Waals surface area contributed by atoms with Gasteiger partial charge in [0.05, 0.1) is 7.11 Å². The summed E-state index contributed by atoms with van der Waals surface area (Å²) in [6, 6.07) is 5.64. The van der Waals surface area contributed by atoms with Crippen LogP contribution < -0.4 is 10.5 Å². The van der Waals surface area contributed by atoms with Gasteiger partial charge >= 0.3 is 0 Å². The number of nitrogens with zero attached hydrogens (tertiary/aromatic N) is 1. The number of amides is 1. The fourth-order valence-electron chi connectivity index (χ4n) is 2.30. The molecular weight excluding hydrogens is 216 g/mol. The van der Waals surface area contributed by atoms with Gasteiger partial charge in [-0.15, -0.1) is 0 Å². The van der Waals surface area contributed by atoms with E-state index < -0.39 is 0 Å². The van der Waals surface area contributed by atoms with Crippen LogP contribution in [-0.2, 0) is 6.42 Å². The zero-order valence-electron chi connectivity index (χ0n) is 10.1. The Morgan fingerprint density at radius 2 is 2.29 bits per heavy atom. The first-order chi connectivity index (χ1) is 8.27. The number of hydrogen-bond donors (Lipinski definition) is 1. The van der Waals surface area contributed by atoms with Gasteiger partial charge in [0, 0.05) is 30.8 Å². The molecule has 2 N–H and O–H groups in total. The molecule has 0 aliphatic carbocycles. The van der Waals surface area contributed by atoms with Gasteiger partial charge in [-0.1, -0.05) is 6.07 Å². The molecule has 1 aromatic rings. The summed E-state index contributed by atoms with van der Waals surface area (Å²) < 4.78 is 5.32. The fraction of sp³-hybridized carbons (Fsp3) is 0.462. The minimum absolute atomic E-state index is 0.0712. The Kier molecular flexibility index (Phi) is 3.64. The van der Waals surface area contributed by atoms with Crippen molar-refractivity contribution in [3.63, 3.8) is 0 Å². The topological polar surface area (TPSA) is 55.6 Å². The molecule has 1 aliphatic rings. The van der Waals surface area contributed by atoms with Crippen LogP contribution in [0.2, 0.25) is 0 Å². The smallest absolute Gasteiger partial charge is 0.254 e. The van der Waals surface area contributed by atoms with Crippen LogP contribution in [-0.4, -0.2) is 37.6 Å². The second kappa shape index (κ2) is 5.19. The number of carbonyl (C=O) groups is 1. The summed E-state index contributed by atoms with van der Waals surface area (Å²) in [5, 5.41) is 0. The van der Waals surface area contributed by atoms with Crippen molar-refractivity contribution >= 4 is 5.91 Å². The first-order valence-corrected chi connectivity index (χ1v) is 5.93. The van der Waals surface area contributed by atoms with Crippen molar-refractivity contribution in [3.05, 3.63) is 29.3 Å². The number of benzene rings is 1. The van der Waals surface area contributed by atoms with E-state index in [9.17, 15) is 4.79 Å². The van der Waals surface area contributed by atoms with Crippen molar-refractivity contribution in [2.24, 2.45) is 5.73 Å². The second-order valence-corrected chi connectivity index (χ2v) is 4.17. The first-order valence-electron chi connectivity index (χ1n) is 5.93. The van der Waals surface area contributed by atoms with Crippen LogP contribution in [0.4, 0.5) is 0 Å². The zero-order valence-corrected chi connectivity index (χ0v) is 10.1. The third kappa shape index (κ3) is 2.26. The summed E-state index contributed by atoms with van der Waals surface area (Å²) in [5.74, 6) is 0.882. The van der Waals surface area contributed by atoms with Crippen LogP contribution in [0, 0.1) is 0 Å². The number of carbonyl (C=O) groups excluding carboxylic acids is 1. The average molecular weight is 234 g/mol. The van der Waals surface area contributed by atoms with Crippen molar-refractivity contribution in [2.45, 2.75) is 12.8 Å².